The lowest BCUT2D eigenvalue weighted by Crippen LogP contribution is -2.36. The molecule has 90 valence electrons. The first-order chi connectivity index (χ1) is 8.20. The molecule has 1 aliphatic heterocycles. The molecule has 1 aromatic rings. The molecule has 0 bridgehead atoms. The number of carbonyl (C=O) groups excluding carboxylic acids is 1. The molecule has 17 heavy (non-hydrogen) atoms. The Morgan fingerprint density at radius 3 is 2.94 bits per heavy atom. The van der Waals surface area contributed by atoms with Gasteiger partial charge in [-0.3, -0.25) is 10.1 Å². The lowest BCUT2D eigenvalue weighted by atomic mass is 10.00. The molecule has 1 unspecified atom stereocenters. The van der Waals surface area contributed by atoms with Crippen molar-refractivity contribution in [3.05, 3.63) is 28.4 Å². The van der Waals surface area contributed by atoms with E-state index in [1.165, 1.54) is 12.3 Å². The molecule has 0 aliphatic carbocycles. The number of aldehydes is 1. The molecule has 1 atom stereocenters. The number of anilines is 1. The van der Waals surface area contributed by atoms with Gasteiger partial charge in [-0.25, -0.2) is 4.98 Å². The van der Waals surface area contributed by atoms with Gasteiger partial charge in [-0.05, 0) is 18.9 Å². The minimum atomic E-state index is -0.471. The molecule has 0 radical (unpaired) electrons. The molecule has 6 nitrogen and oxygen atoms in total. The molecule has 0 spiro atoms. The Morgan fingerprint density at radius 2 is 2.35 bits per heavy atom. The molecule has 1 saturated heterocycles. The number of rotatable bonds is 3. The maximum absolute atomic E-state index is 10.7. The van der Waals surface area contributed by atoms with Crippen LogP contribution in [0.1, 0.15) is 12.8 Å². The van der Waals surface area contributed by atoms with Gasteiger partial charge in [0.2, 0.25) is 0 Å². The zero-order valence-electron chi connectivity index (χ0n) is 9.28. The monoisotopic (exact) mass is 235 g/mol. The predicted octanol–water partition coefficient (Wildman–Crippen LogP) is 1.41. The van der Waals surface area contributed by atoms with Gasteiger partial charge in [0.1, 0.15) is 18.3 Å². The van der Waals surface area contributed by atoms with Crippen molar-refractivity contribution < 1.29 is 9.72 Å². The average Bonchev–Trinajstić information content (AvgIpc) is 2.39. The molecule has 1 fully saturated rings. The molecular formula is C11H13N3O3. The van der Waals surface area contributed by atoms with Crippen LogP contribution in [0.2, 0.25) is 0 Å². The highest BCUT2D eigenvalue weighted by Crippen LogP contribution is 2.21. The van der Waals surface area contributed by atoms with Crippen LogP contribution in [0.5, 0.6) is 0 Å². The second-order valence-corrected chi connectivity index (χ2v) is 4.12. The van der Waals surface area contributed by atoms with Crippen molar-refractivity contribution in [3.8, 4) is 0 Å². The summed E-state index contributed by atoms with van der Waals surface area (Å²) >= 11 is 0. The van der Waals surface area contributed by atoms with E-state index in [1.807, 2.05) is 4.90 Å². The average molecular weight is 235 g/mol. The number of nitro groups is 1. The molecule has 1 aliphatic rings. The fourth-order valence-corrected chi connectivity index (χ4v) is 2.00. The zero-order chi connectivity index (χ0) is 12.3. The topological polar surface area (TPSA) is 76.3 Å². The van der Waals surface area contributed by atoms with Gasteiger partial charge in [-0.15, -0.1) is 0 Å². The Morgan fingerprint density at radius 1 is 1.53 bits per heavy atom. The van der Waals surface area contributed by atoms with Crippen LogP contribution in [-0.2, 0) is 4.79 Å². The molecule has 6 heteroatoms. The molecule has 2 rings (SSSR count). The summed E-state index contributed by atoms with van der Waals surface area (Å²) in [5.74, 6) is 0.739. The van der Waals surface area contributed by atoms with E-state index in [-0.39, 0.29) is 11.6 Å². The highest BCUT2D eigenvalue weighted by Gasteiger charge is 2.20. The van der Waals surface area contributed by atoms with Crippen LogP contribution < -0.4 is 4.90 Å². The second kappa shape index (κ2) is 4.90. The van der Waals surface area contributed by atoms with Crippen LogP contribution in [0.15, 0.2) is 18.3 Å². The Balaban J connectivity index is 2.11. The van der Waals surface area contributed by atoms with Gasteiger partial charge in [0, 0.05) is 25.1 Å². The van der Waals surface area contributed by atoms with E-state index in [2.05, 4.69) is 4.98 Å². The Labute approximate surface area is 98.4 Å². The van der Waals surface area contributed by atoms with Crippen molar-refractivity contribution in [1.82, 2.24) is 4.98 Å². The van der Waals surface area contributed by atoms with Crippen molar-refractivity contribution in [2.24, 2.45) is 5.92 Å². The number of nitrogens with zero attached hydrogens (tertiary/aromatic N) is 3. The van der Waals surface area contributed by atoms with Gasteiger partial charge in [-0.1, -0.05) is 0 Å². The van der Waals surface area contributed by atoms with Gasteiger partial charge in [0.25, 0.3) is 5.69 Å². The molecule has 2 heterocycles. The van der Waals surface area contributed by atoms with Gasteiger partial charge < -0.3 is 9.69 Å². The first kappa shape index (κ1) is 11.5. The number of piperidine rings is 1. The summed E-state index contributed by atoms with van der Waals surface area (Å²) in [6, 6.07) is 3.07. The first-order valence-corrected chi connectivity index (χ1v) is 5.51. The summed E-state index contributed by atoms with van der Waals surface area (Å²) in [5, 5.41) is 10.5. The quantitative estimate of drug-likeness (QED) is 0.449. The van der Waals surface area contributed by atoms with E-state index in [0.29, 0.717) is 12.4 Å². The van der Waals surface area contributed by atoms with Crippen LogP contribution in [-0.4, -0.2) is 29.3 Å². The predicted molar refractivity (Wildman–Crippen MR) is 61.9 cm³/mol. The summed E-state index contributed by atoms with van der Waals surface area (Å²) in [5.41, 5.74) is -0.0160. The maximum Gasteiger partial charge on any atom is 0.287 e. The van der Waals surface area contributed by atoms with Crippen LogP contribution in [0.25, 0.3) is 0 Å². The maximum atomic E-state index is 10.7. The van der Waals surface area contributed by atoms with Crippen molar-refractivity contribution in [2.45, 2.75) is 12.8 Å². The number of carbonyl (C=O) groups is 1. The van der Waals surface area contributed by atoms with Crippen LogP contribution in [0.4, 0.5) is 11.5 Å². The number of hydrogen-bond acceptors (Lipinski definition) is 5. The summed E-state index contributed by atoms with van der Waals surface area (Å²) in [4.78, 5) is 26.8. The summed E-state index contributed by atoms with van der Waals surface area (Å²) in [6.07, 6.45) is 4.08. The summed E-state index contributed by atoms with van der Waals surface area (Å²) in [6.45, 7) is 1.49. The summed E-state index contributed by atoms with van der Waals surface area (Å²) < 4.78 is 0. The third kappa shape index (κ3) is 2.58. The minimum absolute atomic E-state index is 0.0160. The van der Waals surface area contributed by atoms with Gasteiger partial charge >= 0.3 is 0 Å². The smallest absolute Gasteiger partial charge is 0.287 e. The van der Waals surface area contributed by atoms with Crippen molar-refractivity contribution in [3.63, 3.8) is 0 Å². The SMILES string of the molecule is O=CC1CCCN(c2ccc([N+](=O)[O-])cn2)C1. The van der Waals surface area contributed by atoms with E-state index >= 15 is 0 Å². The van der Waals surface area contributed by atoms with Crippen molar-refractivity contribution in [2.75, 3.05) is 18.0 Å². The number of pyridine rings is 1. The number of aromatic nitrogens is 1. The van der Waals surface area contributed by atoms with Crippen molar-refractivity contribution in [1.29, 1.82) is 0 Å². The normalized spacial score (nSPS) is 20.0. The largest absolute Gasteiger partial charge is 0.356 e. The Bertz CT molecular complexity index is 418. The molecule has 0 N–H and O–H groups in total. The lowest BCUT2D eigenvalue weighted by molar-refractivity contribution is -0.385. The van der Waals surface area contributed by atoms with Gasteiger partial charge in [0.15, 0.2) is 0 Å². The molecule has 1 aromatic heterocycles. The Hall–Kier alpha value is -1.98. The van der Waals surface area contributed by atoms with E-state index in [1.54, 1.807) is 6.07 Å². The fraction of sp³-hybridized carbons (Fsp3) is 0.455. The van der Waals surface area contributed by atoms with Gasteiger partial charge in [-0.2, -0.15) is 0 Å². The second-order valence-electron chi connectivity index (χ2n) is 4.12. The van der Waals surface area contributed by atoms with E-state index in [9.17, 15) is 14.9 Å². The van der Waals surface area contributed by atoms with E-state index in [4.69, 9.17) is 0 Å². The van der Waals surface area contributed by atoms with Crippen LogP contribution in [0.3, 0.4) is 0 Å². The Kier molecular flexibility index (Phi) is 3.32. The number of hydrogen-bond donors (Lipinski definition) is 0. The van der Waals surface area contributed by atoms with E-state index < -0.39 is 4.92 Å². The van der Waals surface area contributed by atoms with Crippen LogP contribution in [0, 0.1) is 16.0 Å². The molecule has 0 amide bonds. The van der Waals surface area contributed by atoms with E-state index in [0.717, 1.165) is 25.7 Å². The highest BCUT2D eigenvalue weighted by atomic mass is 16.6. The molecule has 0 aromatic carbocycles. The minimum Gasteiger partial charge on any atom is -0.356 e. The third-order valence-corrected chi connectivity index (χ3v) is 2.92. The summed E-state index contributed by atoms with van der Waals surface area (Å²) in [7, 11) is 0. The van der Waals surface area contributed by atoms with Crippen molar-refractivity contribution >= 4 is 17.8 Å². The third-order valence-electron chi connectivity index (χ3n) is 2.92. The standard InChI is InChI=1S/C11H13N3O3/c15-8-9-2-1-5-13(7-9)11-4-3-10(6-12-11)14(16)17/h3-4,6,8-9H,1-2,5,7H2. The lowest BCUT2D eigenvalue weighted by Gasteiger charge is -2.30. The highest BCUT2D eigenvalue weighted by molar-refractivity contribution is 5.56. The first-order valence-electron chi connectivity index (χ1n) is 5.51. The van der Waals surface area contributed by atoms with Crippen LogP contribution >= 0.6 is 0 Å². The molecule has 0 saturated carbocycles. The zero-order valence-corrected chi connectivity index (χ0v) is 9.28. The fourth-order valence-electron chi connectivity index (χ4n) is 2.00. The van der Waals surface area contributed by atoms with Gasteiger partial charge in [0.05, 0.1) is 4.92 Å². The molecular weight excluding hydrogens is 222 g/mol.